The van der Waals surface area contributed by atoms with Crippen LogP contribution in [0.1, 0.15) is 16.7 Å². The molecule has 140 valence electrons. The molecule has 0 aliphatic carbocycles. The summed E-state index contributed by atoms with van der Waals surface area (Å²) in [4.78, 5) is 12.1. The van der Waals surface area contributed by atoms with E-state index in [2.05, 4.69) is 5.10 Å². The van der Waals surface area contributed by atoms with Crippen LogP contribution >= 0.6 is 0 Å². The van der Waals surface area contributed by atoms with E-state index in [0.29, 0.717) is 5.69 Å². The first-order valence-electron chi connectivity index (χ1n) is 8.97. The van der Waals surface area contributed by atoms with Gasteiger partial charge in [-0.3, -0.25) is 4.79 Å². The topological polar surface area (TPSA) is 64.3 Å². The summed E-state index contributed by atoms with van der Waals surface area (Å²) < 4.78 is 7.13. The molecule has 0 amide bonds. The van der Waals surface area contributed by atoms with Crippen molar-refractivity contribution < 1.29 is 9.84 Å². The third-order valence-electron chi connectivity index (χ3n) is 4.61. The van der Waals surface area contributed by atoms with E-state index in [4.69, 9.17) is 4.74 Å². The third kappa shape index (κ3) is 4.44. The number of benzene rings is 2. The van der Waals surface area contributed by atoms with Crippen molar-refractivity contribution >= 4 is 0 Å². The van der Waals surface area contributed by atoms with E-state index in [-0.39, 0.29) is 18.7 Å². The van der Waals surface area contributed by atoms with Gasteiger partial charge in [0.25, 0.3) is 5.56 Å². The highest BCUT2D eigenvalue weighted by atomic mass is 16.5. The van der Waals surface area contributed by atoms with Gasteiger partial charge in [-0.1, -0.05) is 42.5 Å². The molecular weight excluding hydrogens is 340 g/mol. The van der Waals surface area contributed by atoms with E-state index in [9.17, 15) is 9.90 Å². The van der Waals surface area contributed by atoms with Crippen LogP contribution in [-0.4, -0.2) is 27.6 Å². The first kappa shape index (κ1) is 18.9. The molecule has 0 aliphatic rings. The van der Waals surface area contributed by atoms with Crippen LogP contribution in [-0.2, 0) is 6.54 Å². The Hall–Kier alpha value is -2.92. The summed E-state index contributed by atoms with van der Waals surface area (Å²) in [5, 5.41) is 14.8. The second-order valence-electron chi connectivity index (χ2n) is 6.72. The van der Waals surface area contributed by atoms with Crippen molar-refractivity contribution in [3.63, 3.8) is 0 Å². The minimum atomic E-state index is -0.847. The number of rotatable bonds is 6. The van der Waals surface area contributed by atoms with Gasteiger partial charge in [-0.2, -0.15) is 5.10 Å². The fourth-order valence-electron chi connectivity index (χ4n) is 2.92. The molecule has 3 rings (SSSR count). The molecule has 1 atom stereocenters. The van der Waals surface area contributed by atoms with E-state index < -0.39 is 6.10 Å². The van der Waals surface area contributed by atoms with Crippen molar-refractivity contribution in [1.29, 1.82) is 0 Å². The lowest BCUT2D eigenvalue weighted by Crippen LogP contribution is -2.31. The zero-order valence-corrected chi connectivity index (χ0v) is 15.8. The Morgan fingerprint density at radius 1 is 1.00 bits per heavy atom. The number of nitrogens with zero attached hydrogens (tertiary/aromatic N) is 2. The number of aliphatic hydroxyl groups excluding tert-OH is 1. The Bertz CT molecular complexity index is 981. The predicted octanol–water partition coefficient (Wildman–Crippen LogP) is 3.28. The number of aryl methyl sites for hydroxylation is 2. The lowest BCUT2D eigenvalue weighted by molar-refractivity contribution is 0.0874. The first-order valence-corrected chi connectivity index (χ1v) is 8.97. The van der Waals surface area contributed by atoms with Gasteiger partial charge in [0, 0.05) is 11.6 Å². The highest BCUT2D eigenvalue weighted by molar-refractivity contribution is 5.57. The number of hydrogen-bond donors (Lipinski definition) is 1. The van der Waals surface area contributed by atoms with Gasteiger partial charge in [0.15, 0.2) is 0 Å². The van der Waals surface area contributed by atoms with Crippen molar-refractivity contribution in [1.82, 2.24) is 9.78 Å². The molecule has 0 fully saturated rings. The molecule has 0 saturated heterocycles. The summed E-state index contributed by atoms with van der Waals surface area (Å²) in [6.45, 7) is 6.16. The van der Waals surface area contributed by atoms with E-state index in [1.165, 1.54) is 10.7 Å². The highest BCUT2D eigenvalue weighted by Gasteiger charge is 2.13. The highest BCUT2D eigenvalue weighted by Crippen LogP contribution is 2.25. The maximum absolute atomic E-state index is 12.1. The largest absolute Gasteiger partial charge is 0.490 e. The average Bonchev–Trinajstić information content (AvgIpc) is 2.67. The predicted molar refractivity (Wildman–Crippen MR) is 106 cm³/mol. The van der Waals surface area contributed by atoms with Crippen LogP contribution < -0.4 is 10.3 Å². The molecule has 1 heterocycles. The lowest BCUT2D eigenvalue weighted by Gasteiger charge is -2.17. The molecule has 27 heavy (non-hydrogen) atoms. The molecule has 3 aromatic rings. The molecule has 0 radical (unpaired) electrons. The van der Waals surface area contributed by atoms with Crippen LogP contribution in [0.3, 0.4) is 0 Å². The molecular formula is C22H24N2O3. The molecule has 1 aromatic heterocycles. The van der Waals surface area contributed by atoms with Crippen LogP contribution in [0.5, 0.6) is 5.75 Å². The summed E-state index contributed by atoms with van der Waals surface area (Å²) in [5.74, 6) is 0.785. The first-order chi connectivity index (χ1) is 13.0. The quantitative estimate of drug-likeness (QED) is 0.729. The van der Waals surface area contributed by atoms with Gasteiger partial charge < -0.3 is 9.84 Å². The van der Waals surface area contributed by atoms with Crippen molar-refractivity contribution in [3.05, 3.63) is 81.6 Å². The van der Waals surface area contributed by atoms with E-state index >= 15 is 0 Å². The monoisotopic (exact) mass is 364 g/mol. The summed E-state index contributed by atoms with van der Waals surface area (Å²) in [5.41, 5.74) is 4.57. The minimum Gasteiger partial charge on any atom is -0.490 e. The zero-order chi connectivity index (χ0) is 19.4. The summed E-state index contributed by atoms with van der Waals surface area (Å²) in [7, 11) is 0. The number of aromatic nitrogens is 2. The van der Waals surface area contributed by atoms with Gasteiger partial charge in [0.2, 0.25) is 0 Å². The van der Waals surface area contributed by atoms with Crippen LogP contribution in [0, 0.1) is 20.8 Å². The lowest BCUT2D eigenvalue weighted by atomic mass is 10.1. The molecule has 0 saturated carbocycles. The van der Waals surface area contributed by atoms with Gasteiger partial charge >= 0.3 is 0 Å². The second kappa shape index (κ2) is 8.18. The van der Waals surface area contributed by atoms with Gasteiger partial charge in [-0.15, -0.1) is 0 Å². The van der Waals surface area contributed by atoms with E-state index in [1.807, 2.05) is 63.2 Å². The number of aliphatic hydroxyl groups is 1. The van der Waals surface area contributed by atoms with E-state index in [0.717, 1.165) is 28.0 Å². The average molecular weight is 364 g/mol. The van der Waals surface area contributed by atoms with Crippen LogP contribution in [0.15, 0.2) is 59.4 Å². The zero-order valence-electron chi connectivity index (χ0n) is 15.8. The molecule has 5 nitrogen and oxygen atoms in total. The maximum Gasteiger partial charge on any atom is 0.266 e. The summed E-state index contributed by atoms with van der Waals surface area (Å²) in [6, 6.07) is 16.8. The van der Waals surface area contributed by atoms with Crippen LogP contribution in [0.4, 0.5) is 0 Å². The fraction of sp³-hybridized carbons (Fsp3) is 0.273. The Labute approximate surface area is 158 Å². The van der Waals surface area contributed by atoms with Crippen molar-refractivity contribution in [3.8, 4) is 17.0 Å². The Morgan fingerprint density at radius 3 is 2.44 bits per heavy atom. The Morgan fingerprint density at radius 2 is 1.70 bits per heavy atom. The minimum absolute atomic E-state index is 0.0728. The number of ether oxygens (including phenoxy) is 1. The van der Waals surface area contributed by atoms with E-state index in [1.54, 1.807) is 6.07 Å². The maximum atomic E-state index is 12.1. The molecule has 0 bridgehead atoms. The third-order valence-corrected chi connectivity index (χ3v) is 4.61. The van der Waals surface area contributed by atoms with Gasteiger partial charge in [0.1, 0.15) is 18.5 Å². The smallest absolute Gasteiger partial charge is 0.266 e. The van der Waals surface area contributed by atoms with Gasteiger partial charge in [0.05, 0.1) is 12.2 Å². The Balaban J connectivity index is 1.72. The standard InChI is InChI=1S/C22H24N2O3/c1-15-9-10-16(2)22(17(15)3)27-14-19(25)13-24-21(26)12-11-20(23-24)18-7-5-4-6-8-18/h4-12,19,25H,13-14H2,1-3H3/t19-/m1/s1. The van der Waals surface area contributed by atoms with Gasteiger partial charge in [-0.25, -0.2) is 4.68 Å². The SMILES string of the molecule is Cc1ccc(C)c(OC[C@H](O)Cn2nc(-c3ccccc3)ccc2=O)c1C. The fourth-order valence-corrected chi connectivity index (χ4v) is 2.92. The molecule has 0 spiro atoms. The molecule has 5 heteroatoms. The normalized spacial score (nSPS) is 12.0. The molecule has 0 aliphatic heterocycles. The van der Waals surface area contributed by atoms with Crippen molar-refractivity contribution in [2.24, 2.45) is 0 Å². The second-order valence-corrected chi connectivity index (χ2v) is 6.72. The summed E-state index contributed by atoms with van der Waals surface area (Å²) >= 11 is 0. The van der Waals surface area contributed by atoms with Crippen molar-refractivity contribution in [2.45, 2.75) is 33.4 Å². The molecule has 2 aromatic carbocycles. The van der Waals surface area contributed by atoms with Gasteiger partial charge in [-0.05, 0) is 43.5 Å². The van der Waals surface area contributed by atoms with Crippen LogP contribution in [0.25, 0.3) is 11.3 Å². The molecule has 1 N–H and O–H groups in total. The van der Waals surface area contributed by atoms with Crippen molar-refractivity contribution in [2.75, 3.05) is 6.61 Å². The summed E-state index contributed by atoms with van der Waals surface area (Å²) in [6.07, 6.45) is -0.847. The number of hydrogen-bond acceptors (Lipinski definition) is 4. The van der Waals surface area contributed by atoms with Crippen LogP contribution in [0.2, 0.25) is 0 Å². The Kier molecular flexibility index (Phi) is 5.72. The molecule has 0 unspecified atom stereocenters.